The molecule has 0 spiro atoms. The summed E-state index contributed by atoms with van der Waals surface area (Å²) in [6.07, 6.45) is 2.13. The molecule has 1 fully saturated rings. The van der Waals surface area contributed by atoms with Crippen LogP contribution in [-0.4, -0.2) is 43.5 Å². The van der Waals surface area contributed by atoms with Gasteiger partial charge in [-0.1, -0.05) is 6.07 Å². The fourth-order valence-corrected chi connectivity index (χ4v) is 2.84. The van der Waals surface area contributed by atoms with E-state index in [4.69, 9.17) is 9.47 Å². The van der Waals surface area contributed by atoms with Crippen LogP contribution in [0, 0.1) is 0 Å². The molecule has 1 heterocycles. The van der Waals surface area contributed by atoms with Crippen LogP contribution < -0.4 is 14.8 Å². The molecule has 1 N–H and O–H groups in total. The second-order valence-electron chi connectivity index (χ2n) is 6.09. The molecule has 2 aromatic rings. The van der Waals surface area contributed by atoms with Gasteiger partial charge in [-0.2, -0.15) is 0 Å². The van der Waals surface area contributed by atoms with Crippen molar-refractivity contribution in [3.8, 4) is 11.5 Å². The zero-order valence-electron chi connectivity index (χ0n) is 14.7. The van der Waals surface area contributed by atoms with E-state index >= 15 is 0 Å². The lowest BCUT2D eigenvalue weighted by atomic mass is 10.2. The van der Waals surface area contributed by atoms with Crippen LogP contribution in [0.2, 0.25) is 0 Å². The molecule has 2 aromatic carbocycles. The van der Waals surface area contributed by atoms with Gasteiger partial charge in [0.25, 0.3) is 11.8 Å². The summed E-state index contributed by atoms with van der Waals surface area (Å²) in [5.74, 6) is 0.992. The number of amides is 2. The minimum atomic E-state index is -0.268. The van der Waals surface area contributed by atoms with Gasteiger partial charge in [-0.25, -0.2) is 0 Å². The highest BCUT2D eigenvalue weighted by molar-refractivity contribution is 5.94. The second kappa shape index (κ2) is 8.38. The summed E-state index contributed by atoms with van der Waals surface area (Å²) < 4.78 is 10.6. The van der Waals surface area contributed by atoms with Gasteiger partial charge in [0.15, 0.2) is 6.61 Å². The van der Waals surface area contributed by atoms with Crippen LogP contribution in [0.25, 0.3) is 0 Å². The lowest BCUT2D eigenvalue weighted by Crippen LogP contribution is -2.27. The van der Waals surface area contributed by atoms with E-state index in [1.165, 1.54) is 0 Å². The maximum absolute atomic E-state index is 12.3. The van der Waals surface area contributed by atoms with Crippen molar-refractivity contribution >= 4 is 17.5 Å². The number of nitrogens with one attached hydrogen (secondary N) is 1. The van der Waals surface area contributed by atoms with E-state index < -0.39 is 0 Å². The van der Waals surface area contributed by atoms with Gasteiger partial charge in [-0.05, 0) is 49.2 Å². The van der Waals surface area contributed by atoms with Gasteiger partial charge in [0.2, 0.25) is 0 Å². The molecule has 0 bridgehead atoms. The molecule has 26 heavy (non-hydrogen) atoms. The third-order valence-corrected chi connectivity index (χ3v) is 4.22. The summed E-state index contributed by atoms with van der Waals surface area (Å²) in [5, 5.41) is 2.75. The molecule has 0 saturated carbocycles. The Balaban J connectivity index is 1.51. The summed E-state index contributed by atoms with van der Waals surface area (Å²) in [5.41, 5.74) is 1.28. The van der Waals surface area contributed by atoms with Crippen LogP contribution in [0.5, 0.6) is 11.5 Å². The third-order valence-electron chi connectivity index (χ3n) is 4.22. The van der Waals surface area contributed by atoms with E-state index in [2.05, 4.69) is 5.32 Å². The number of carbonyl (C=O) groups excluding carboxylic acids is 2. The number of rotatable bonds is 6. The predicted molar refractivity (Wildman–Crippen MR) is 98.7 cm³/mol. The Bertz CT molecular complexity index is 768. The average Bonchev–Trinajstić information content (AvgIpc) is 3.21. The predicted octanol–water partition coefficient (Wildman–Crippen LogP) is 2.95. The number of nitrogens with zero attached hydrogens (tertiary/aromatic N) is 1. The highest BCUT2D eigenvalue weighted by Crippen LogP contribution is 2.18. The van der Waals surface area contributed by atoms with Crippen molar-refractivity contribution in [1.29, 1.82) is 0 Å². The number of ether oxygens (including phenoxy) is 2. The fraction of sp³-hybridized carbons (Fsp3) is 0.300. The molecule has 6 nitrogen and oxygen atoms in total. The molecule has 0 aromatic heterocycles. The van der Waals surface area contributed by atoms with E-state index in [0.29, 0.717) is 22.7 Å². The largest absolute Gasteiger partial charge is 0.497 e. The fourth-order valence-electron chi connectivity index (χ4n) is 2.84. The lowest BCUT2D eigenvalue weighted by Gasteiger charge is -2.15. The van der Waals surface area contributed by atoms with Gasteiger partial charge in [-0.15, -0.1) is 0 Å². The molecule has 136 valence electrons. The molecule has 6 heteroatoms. The molecular weight excluding hydrogens is 332 g/mol. The number of hydrogen-bond acceptors (Lipinski definition) is 4. The highest BCUT2D eigenvalue weighted by atomic mass is 16.5. The minimum Gasteiger partial charge on any atom is -0.497 e. The molecule has 0 radical (unpaired) electrons. The van der Waals surface area contributed by atoms with Crippen molar-refractivity contribution in [2.24, 2.45) is 0 Å². The zero-order valence-corrected chi connectivity index (χ0v) is 14.7. The number of methoxy groups -OCH3 is 1. The molecule has 1 aliphatic heterocycles. The Morgan fingerprint density at radius 2 is 1.77 bits per heavy atom. The van der Waals surface area contributed by atoms with Crippen LogP contribution in [0.15, 0.2) is 48.5 Å². The van der Waals surface area contributed by atoms with Crippen molar-refractivity contribution in [3.63, 3.8) is 0 Å². The first-order chi connectivity index (χ1) is 12.7. The second-order valence-corrected chi connectivity index (χ2v) is 6.09. The van der Waals surface area contributed by atoms with Crippen molar-refractivity contribution < 1.29 is 19.1 Å². The van der Waals surface area contributed by atoms with Gasteiger partial charge in [0, 0.05) is 30.4 Å². The van der Waals surface area contributed by atoms with Crippen LogP contribution in [-0.2, 0) is 4.79 Å². The van der Waals surface area contributed by atoms with Gasteiger partial charge in [0.05, 0.1) is 7.11 Å². The number of carbonyl (C=O) groups is 2. The first kappa shape index (κ1) is 17.8. The SMILES string of the molecule is COc1cccc(NC(=O)COc2ccc(C(=O)N3CCCC3)cc2)c1. The van der Waals surface area contributed by atoms with Crippen LogP contribution in [0.3, 0.4) is 0 Å². The monoisotopic (exact) mass is 354 g/mol. The lowest BCUT2D eigenvalue weighted by molar-refractivity contribution is -0.118. The maximum Gasteiger partial charge on any atom is 0.262 e. The molecule has 0 atom stereocenters. The Kier molecular flexibility index (Phi) is 5.73. The minimum absolute atomic E-state index is 0.0461. The average molecular weight is 354 g/mol. The van der Waals surface area contributed by atoms with Crippen LogP contribution >= 0.6 is 0 Å². The first-order valence-corrected chi connectivity index (χ1v) is 8.62. The van der Waals surface area contributed by atoms with E-state index in [9.17, 15) is 9.59 Å². The molecule has 0 aliphatic carbocycles. The Labute approximate surface area is 152 Å². The highest BCUT2D eigenvalue weighted by Gasteiger charge is 2.19. The Morgan fingerprint density at radius 3 is 2.46 bits per heavy atom. The van der Waals surface area contributed by atoms with E-state index in [1.54, 1.807) is 55.6 Å². The van der Waals surface area contributed by atoms with E-state index in [0.717, 1.165) is 25.9 Å². The topological polar surface area (TPSA) is 67.9 Å². The number of anilines is 1. The summed E-state index contributed by atoms with van der Waals surface area (Å²) >= 11 is 0. The number of hydrogen-bond donors (Lipinski definition) is 1. The van der Waals surface area contributed by atoms with Crippen molar-refractivity contribution in [1.82, 2.24) is 4.90 Å². The molecule has 0 unspecified atom stereocenters. The van der Waals surface area contributed by atoms with Gasteiger partial charge >= 0.3 is 0 Å². The summed E-state index contributed by atoms with van der Waals surface area (Å²) in [6, 6.07) is 14.0. The standard InChI is InChI=1S/C20H22N2O4/c1-25-18-6-4-5-16(13-18)21-19(23)14-26-17-9-7-15(8-10-17)20(24)22-11-2-3-12-22/h4-10,13H,2-3,11-12,14H2,1H3,(H,21,23). The van der Waals surface area contributed by atoms with Crippen molar-refractivity contribution in [3.05, 3.63) is 54.1 Å². The Morgan fingerprint density at radius 1 is 1.04 bits per heavy atom. The summed E-state index contributed by atoms with van der Waals surface area (Å²) in [4.78, 5) is 26.1. The van der Waals surface area contributed by atoms with Gasteiger partial charge in [0.1, 0.15) is 11.5 Å². The quantitative estimate of drug-likeness (QED) is 0.866. The smallest absolute Gasteiger partial charge is 0.262 e. The molecule has 1 saturated heterocycles. The maximum atomic E-state index is 12.3. The van der Waals surface area contributed by atoms with E-state index in [-0.39, 0.29) is 18.4 Å². The van der Waals surface area contributed by atoms with Crippen LogP contribution in [0.4, 0.5) is 5.69 Å². The third kappa shape index (κ3) is 4.53. The molecule has 1 aliphatic rings. The first-order valence-electron chi connectivity index (χ1n) is 8.62. The van der Waals surface area contributed by atoms with Crippen molar-refractivity contribution in [2.75, 3.05) is 32.1 Å². The summed E-state index contributed by atoms with van der Waals surface area (Å²) in [6.45, 7) is 1.53. The van der Waals surface area contributed by atoms with Gasteiger partial charge in [-0.3, -0.25) is 9.59 Å². The van der Waals surface area contributed by atoms with Gasteiger partial charge < -0.3 is 19.7 Å². The molecule has 3 rings (SSSR count). The normalized spacial score (nSPS) is 13.3. The Hall–Kier alpha value is -3.02. The molecular formula is C20H22N2O4. The van der Waals surface area contributed by atoms with E-state index in [1.807, 2.05) is 4.90 Å². The van der Waals surface area contributed by atoms with Crippen LogP contribution in [0.1, 0.15) is 23.2 Å². The number of likely N-dealkylation sites (tertiary alicyclic amines) is 1. The van der Waals surface area contributed by atoms with Crippen molar-refractivity contribution in [2.45, 2.75) is 12.8 Å². The molecule has 2 amide bonds. The zero-order chi connectivity index (χ0) is 18.4. The summed E-state index contributed by atoms with van der Waals surface area (Å²) in [7, 11) is 1.57. The number of benzene rings is 2.